The van der Waals surface area contributed by atoms with Gasteiger partial charge in [0.2, 0.25) is 5.95 Å². The van der Waals surface area contributed by atoms with E-state index in [-0.39, 0.29) is 0 Å². The molecule has 16 heavy (non-hydrogen) atoms. The molecule has 1 aromatic heterocycles. The molecule has 0 aliphatic carbocycles. The van der Waals surface area contributed by atoms with Gasteiger partial charge in [-0.2, -0.15) is 9.97 Å². The maximum atomic E-state index is 4.27. The van der Waals surface area contributed by atoms with E-state index in [1.807, 2.05) is 13.8 Å². The molecule has 1 unspecified atom stereocenters. The molecule has 1 heterocycles. The fourth-order valence-corrected chi connectivity index (χ4v) is 1.67. The average Bonchev–Trinajstić information content (AvgIpc) is 2.16. The van der Waals surface area contributed by atoms with Gasteiger partial charge in [0, 0.05) is 6.04 Å². The van der Waals surface area contributed by atoms with E-state index < -0.39 is 0 Å². The average molecular weight is 222 g/mol. The van der Waals surface area contributed by atoms with Crippen molar-refractivity contribution in [1.82, 2.24) is 15.0 Å². The Labute approximate surface area is 97.9 Å². The molecule has 0 amide bonds. The molecule has 0 saturated heterocycles. The fourth-order valence-electron chi connectivity index (χ4n) is 1.67. The molecule has 1 rings (SSSR count). The Kier molecular flexibility index (Phi) is 5.15. The molecule has 0 aromatic carbocycles. The van der Waals surface area contributed by atoms with Crippen LogP contribution < -0.4 is 5.32 Å². The summed E-state index contributed by atoms with van der Waals surface area (Å²) in [7, 11) is 0. The number of aryl methyl sites for hydroxylation is 2. The van der Waals surface area contributed by atoms with Gasteiger partial charge in [0.05, 0.1) is 0 Å². The number of anilines is 1. The minimum Gasteiger partial charge on any atom is -0.352 e. The molecular weight excluding hydrogens is 200 g/mol. The highest BCUT2D eigenvalue weighted by molar-refractivity contribution is 5.25. The second kappa shape index (κ2) is 6.40. The Morgan fingerprint density at radius 2 is 1.69 bits per heavy atom. The molecule has 0 bridgehead atoms. The van der Waals surface area contributed by atoms with E-state index >= 15 is 0 Å². The first-order valence-electron chi connectivity index (χ1n) is 6.07. The summed E-state index contributed by atoms with van der Waals surface area (Å²) in [6.45, 7) is 8.17. The molecule has 0 fully saturated rings. The van der Waals surface area contributed by atoms with Crippen molar-refractivity contribution in [3.8, 4) is 0 Å². The maximum Gasteiger partial charge on any atom is 0.226 e. The summed E-state index contributed by atoms with van der Waals surface area (Å²) in [6.07, 6.45) is 4.98. The molecule has 0 aliphatic rings. The first-order chi connectivity index (χ1) is 7.61. The highest BCUT2D eigenvalue weighted by Gasteiger charge is 2.05. The fraction of sp³-hybridized carbons (Fsp3) is 0.750. The van der Waals surface area contributed by atoms with Crippen molar-refractivity contribution < 1.29 is 0 Å². The van der Waals surface area contributed by atoms with E-state index in [0.29, 0.717) is 12.0 Å². The van der Waals surface area contributed by atoms with Crippen LogP contribution in [0.2, 0.25) is 0 Å². The zero-order valence-electron chi connectivity index (χ0n) is 10.7. The molecular formula is C12H22N4. The number of aromatic nitrogens is 3. The highest BCUT2D eigenvalue weighted by atomic mass is 15.2. The van der Waals surface area contributed by atoms with Gasteiger partial charge in [0.1, 0.15) is 11.6 Å². The Balaban J connectivity index is 2.45. The minimum absolute atomic E-state index is 0.424. The van der Waals surface area contributed by atoms with Crippen LogP contribution in [0.1, 0.15) is 51.2 Å². The minimum atomic E-state index is 0.424. The Morgan fingerprint density at radius 3 is 2.25 bits per heavy atom. The number of rotatable bonds is 6. The molecule has 0 saturated carbocycles. The quantitative estimate of drug-likeness (QED) is 0.752. The lowest BCUT2D eigenvalue weighted by Crippen LogP contribution is -2.18. The summed E-state index contributed by atoms with van der Waals surface area (Å²) in [6, 6.07) is 0.424. The first-order valence-corrected chi connectivity index (χ1v) is 6.07. The van der Waals surface area contributed by atoms with Crippen LogP contribution in [0.5, 0.6) is 0 Å². The maximum absolute atomic E-state index is 4.27. The van der Waals surface area contributed by atoms with E-state index in [1.165, 1.54) is 19.3 Å². The second-order valence-electron chi connectivity index (χ2n) is 4.29. The summed E-state index contributed by atoms with van der Waals surface area (Å²) in [5.74, 6) is 2.25. The van der Waals surface area contributed by atoms with E-state index in [4.69, 9.17) is 0 Å². The van der Waals surface area contributed by atoms with E-state index in [1.54, 1.807) is 0 Å². The van der Waals surface area contributed by atoms with Gasteiger partial charge < -0.3 is 5.32 Å². The van der Waals surface area contributed by atoms with E-state index in [9.17, 15) is 0 Å². The number of nitrogens with zero attached hydrogens (tertiary/aromatic N) is 3. The Morgan fingerprint density at radius 1 is 1.06 bits per heavy atom. The zero-order chi connectivity index (χ0) is 12.0. The van der Waals surface area contributed by atoms with Crippen LogP contribution >= 0.6 is 0 Å². The van der Waals surface area contributed by atoms with Crippen LogP contribution in [-0.2, 0) is 0 Å². The molecule has 1 N–H and O–H groups in total. The summed E-state index contributed by atoms with van der Waals surface area (Å²) in [5.41, 5.74) is 0. The van der Waals surface area contributed by atoms with Crippen LogP contribution in [-0.4, -0.2) is 21.0 Å². The standard InChI is InChI=1S/C12H22N4/c1-5-6-7-8-9(2)13-12-15-10(3)14-11(4)16-12/h9H,5-8H2,1-4H3,(H,13,14,15,16). The van der Waals surface area contributed by atoms with E-state index in [2.05, 4.69) is 34.1 Å². The number of unbranched alkanes of at least 4 members (excludes halogenated alkanes) is 2. The molecule has 4 heteroatoms. The van der Waals surface area contributed by atoms with Crippen molar-refractivity contribution in [2.24, 2.45) is 0 Å². The van der Waals surface area contributed by atoms with Gasteiger partial charge in [0.15, 0.2) is 0 Å². The molecule has 4 nitrogen and oxygen atoms in total. The van der Waals surface area contributed by atoms with Crippen molar-refractivity contribution in [2.45, 2.75) is 59.4 Å². The smallest absolute Gasteiger partial charge is 0.226 e. The van der Waals surface area contributed by atoms with Crippen LogP contribution in [0.25, 0.3) is 0 Å². The van der Waals surface area contributed by atoms with Gasteiger partial charge in [-0.15, -0.1) is 0 Å². The molecule has 90 valence electrons. The Bertz CT molecular complexity index is 305. The predicted octanol–water partition coefficient (Wildman–Crippen LogP) is 2.87. The topological polar surface area (TPSA) is 50.7 Å². The molecule has 0 radical (unpaired) electrons. The number of nitrogens with one attached hydrogen (secondary N) is 1. The molecule has 1 atom stereocenters. The third-order valence-electron chi connectivity index (χ3n) is 2.48. The number of hydrogen-bond acceptors (Lipinski definition) is 4. The van der Waals surface area contributed by atoms with Crippen molar-refractivity contribution in [2.75, 3.05) is 5.32 Å². The van der Waals surface area contributed by atoms with Gasteiger partial charge in [-0.3, -0.25) is 0 Å². The van der Waals surface area contributed by atoms with E-state index in [0.717, 1.165) is 18.1 Å². The van der Waals surface area contributed by atoms with Crippen molar-refractivity contribution in [3.05, 3.63) is 11.6 Å². The first kappa shape index (κ1) is 12.9. The normalized spacial score (nSPS) is 12.5. The summed E-state index contributed by atoms with van der Waals surface area (Å²) in [5, 5.41) is 3.32. The van der Waals surface area contributed by atoms with Gasteiger partial charge in [-0.1, -0.05) is 26.2 Å². The zero-order valence-corrected chi connectivity index (χ0v) is 10.7. The summed E-state index contributed by atoms with van der Waals surface area (Å²) in [4.78, 5) is 12.7. The van der Waals surface area contributed by atoms with Crippen LogP contribution in [0, 0.1) is 13.8 Å². The SMILES string of the molecule is CCCCCC(C)Nc1nc(C)nc(C)n1. The van der Waals surface area contributed by atoms with Crippen molar-refractivity contribution in [3.63, 3.8) is 0 Å². The predicted molar refractivity (Wildman–Crippen MR) is 66.5 cm³/mol. The summed E-state index contributed by atoms with van der Waals surface area (Å²) < 4.78 is 0. The molecule has 0 aliphatic heterocycles. The molecule has 0 spiro atoms. The lowest BCUT2D eigenvalue weighted by atomic mass is 10.1. The highest BCUT2D eigenvalue weighted by Crippen LogP contribution is 2.08. The summed E-state index contributed by atoms with van der Waals surface area (Å²) >= 11 is 0. The van der Waals surface area contributed by atoms with Gasteiger partial charge >= 0.3 is 0 Å². The van der Waals surface area contributed by atoms with Crippen LogP contribution in [0.4, 0.5) is 5.95 Å². The lowest BCUT2D eigenvalue weighted by Gasteiger charge is -2.13. The monoisotopic (exact) mass is 222 g/mol. The lowest BCUT2D eigenvalue weighted by molar-refractivity contribution is 0.611. The third kappa shape index (κ3) is 4.55. The van der Waals surface area contributed by atoms with Gasteiger partial charge in [-0.05, 0) is 27.2 Å². The second-order valence-corrected chi connectivity index (χ2v) is 4.29. The largest absolute Gasteiger partial charge is 0.352 e. The van der Waals surface area contributed by atoms with Crippen LogP contribution in [0.15, 0.2) is 0 Å². The van der Waals surface area contributed by atoms with Crippen molar-refractivity contribution >= 4 is 5.95 Å². The number of hydrogen-bond donors (Lipinski definition) is 1. The van der Waals surface area contributed by atoms with Crippen molar-refractivity contribution in [1.29, 1.82) is 0 Å². The van der Waals surface area contributed by atoms with Gasteiger partial charge in [-0.25, -0.2) is 4.98 Å². The Hall–Kier alpha value is -1.19. The van der Waals surface area contributed by atoms with Crippen LogP contribution in [0.3, 0.4) is 0 Å². The molecule has 1 aromatic rings. The van der Waals surface area contributed by atoms with Gasteiger partial charge in [0.25, 0.3) is 0 Å². The third-order valence-corrected chi connectivity index (χ3v) is 2.48.